The van der Waals surface area contributed by atoms with E-state index in [2.05, 4.69) is 12.2 Å². The number of aliphatic hydroxyl groups is 1. The molecule has 0 saturated carbocycles. The van der Waals surface area contributed by atoms with Gasteiger partial charge in [-0.25, -0.2) is 0 Å². The summed E-state index contributed by atoms with van der Waals surface area (Å²) in [5.74, 6) is 0.560. The van der Waals surface area contributed by atoms with Crippen LogP contribution in [0.2, 0.25) is 0 Å². The molecule has 2 rings (SSSR count). The SMILES string of the molecule is Cc1cccc(OC[C@H](O)C/C=C2/C(=O)C=C[C@@H]2C/C=C\CCC(C)(C)C(=O)OC(C)C)c1. The first kappa shape index (κ1) is 26.6. The quantitative estimate of drug-likeness (QED) is 0.256. The third-order valence-corrected chi connectivity index (χ3v) is 5.59. The largest absolute Gasteiger partial charge is 0.491 e. The molecule has 0 aliphatic heterocycles. The van der Waals surface area contributed by atoms with Crippen LogP contribution in [0.3, 0.4) is 0 Å². The zero-order valence-corrected chi connectivity index (χ0v) is 20.5. The van der Waals surface area contributed by atoms with Crippen LogP contribution in [0.25, 0.3) is 0 Å². The number of hydrogen-bond acceptors (Lipinski definition) is 5. The van der Waals surface area contributed by atoms with E-state index < -0.39 is 11.5 Å². The summed E-state index contributed by atoms with van der Waals surface area (Å²) in [5, 5.41) is 10.3. The average molecular weight is 455 g/mol. The van der Waals surface area contributed by atoms with Crippen LogP contribution in [0.1, 0.15) is 58.9 Å². The molecule has 2 atom stereocenters. The molecule has 180 valence electrons. The van der Waals surface area contributed by atoms with Crippen LogP contribution in [0.5, 0.6) is 5.75 Å². The van der Waals surface area contributed by atoms with E-state index in [0.717, 1.165) is 23.3 Å². The van der Waals surface area contributed by atoms with Gasteiger partial charge in [0.05, 0.1) is 17.6 Å². The molecule has 0 bridgehead atoms. The van der Waals surface area contributed by atoms with Gasteiger partial charge in [-0.1, -0.05) is 36.4 Å². The van der Waals surface area contributed by atoms with Crippen LogP contribution in [-0.4, -0.2) is 35.7 Å². The lowest BCUT2D eigenvalue weighted by Gasteiger charge is -2.23. The molecule has 0 amide bonds. The van der Waals surface area contributed by atoms with Crippen LogP contribution in [0.4, 0.5) is 0 Å². The van der Waals surface area contributed by atoms with Crippen molar-refractivity contribution < 1.29 is 24.2 Å². The molecule has 1 aromatic carbocycles. The predicted molar refractivity (Wildman–Crippen MR) is 131 cm³/mol. The van der Waals surface area contributed by atoms with E-state index in [0.29, 0.717) is 19.3 Å². The molecule has 0 spiro atoms. The fourth-order valence-electron chi connectivity index (χ4n) is 3.55. The summed E-state index contributed by atoms with van der Waals surface area (Å²) in [6.45, 7) is 9.67. The second-order valence-electron chi connectivity index (χ2n) is 9.59. The van der Waals surface area contributed by atoms with E-state index in [1.807, 2.05) is 71.0 Å². The smallest absolute Gasteiger partial charge is 0.311 e. The fourth-order valence-corrected chi connectivity index (χ4v) is 3.55. The maximum atomic E-state index is 12.3. The monoisotopic (exact) mass is 454 g/mol. The number of carbonyl (C=O) groups excluding carboxylic acids is 2. The third kappa shape index (κ3) is 9.01. The minimum Gasteiger partial charge on any atom is -0.491 e. The van der Waals surface area contributed by atoms with Crippen molar-refractivity contribution in [1.29, 1.82) is 0 Å². The molecule has 0 saturated heterocycles. The summed E-state index contributed by atoms with van der Waals surface area (Å²) in [7, 11) is 0. The van der Waals surface area contributed by atoms with Crippen molar-refractivity contribution in [2.24, 2.45) is 11.3 Å². The maximum absolute atomic E-state index is 12.3. The van der Waals surface area contributed by atoms with Gasteiger partial charge in [-0.05, 0) is 84.1 Å². The summed E-state index contributed by atoms with van der Waals surface area (Å²) in [6.07, 6.45) is 11.2. The number of aliphatic hydroxyl groups excluding tert-OH is 1. The van der Waals surface area contributed by atoms with Crippen molar-refractivity contribution in [2.45, 2.75) is 72.5 Å². The Hall–Kier alpha value is -2.66. The Labute approximate surface area is 198 Å². The molecule has 5 heteroatoms. The van der Waals surface area contributed by atoms with Gasteiger partial charge in [0.1, 0.15) is 12.4 Å². The molecule has 0 radical (unpaired) electrons. The molecule has 0 unspecified atom stereocenters. The minimum absolute atomic E-state index is 0.00207. The summed E-state index contributed by atoms with van der Waals surface area (Å²) < 4.78 is 11.0. The van der Waals surface area contributed by atoms with E-state index in [1.165, 1.54) is 0 Å². The highest BCUT2D eigenvalue weighted by Gasteiger charge is 2.29. The Morgan fingerprint density at radius 3 is 2.70 bits per heavy atom. The number of aryl methyl sites for hydroxylation is 1. The maximum Gasteiger partial charge on any atom is 0.311 e. The van der Waals surface area contributed by atoms with Crippen LogP contribution in [-0.2, 0) is 14.3 Å². The Kier molecular flexibility index (Phi) is 10.1. The highest BCUT2D eigenvalue weighted by Crippen LogP contribution is 2.28. The van der Waals surface area contributed by atoms with Gasteiger partial charge in [-0.3, -0.25) is 9.59 Å². The zero-order valence-electron chi connectivity index (χ0n) is 20.5. The molecule has 0 heterocycles. The first-order valence-corrected chi connectivity index (χ1v) is 11.7. The second-order valence-corrected chi connectivity index (χ2v) is 9.59. The molecular weight excluding hydrogens is 416 g/mol. The number of allylic oxidation sites excluding steroid dienone is 5. The van der Waals surface area contributed by atoms with Gasteiger partial charge in [-0.2, -0.15) is 0 Å². The van der Waals surface area contributed by atoms with Crippen LogP contribution in [0.15, 0.2) is 60.2 Å². The van der Waals surface area contributed by atoms with Crippen molar-refractivity contribution in [3.63, 3.8) is 0 Å². The van der Waals surface area contributed by atoms with Gasteiger partial charge in [0.25, 0.3) is 0 Å². The molecule has 1 aliphatic carbocycles. The van der Waals surface area contributed by atoms with Gasteiger partial charge in [-0.15, -0.1) is 0 Å². The Bertz CT molecular complexity index is 891. The molecule has 1 N–H and O–H groups in total. The second kappa shape index (κ2) is 12.5. The average Bonchev–Trinajstić information content (AvgIpc) is 3.09. The Balaban J connectivity index is 1.80. The molecular formula is C28H38O5. The number of carbonyl (C=O) groups is 2. The number of hydrogen-bond donors (Lipinski definition) is 1. The van der Waals surface area contributed by atoms with E-state index in [-0.39, 0.29) is 30.4 Å². The number of rotatable bonds is 12. The van der Waals surface area contributed by atoms with Crippen LogP contribution >= 0.6 is 0 Å². The molecule has 33 heavy (non-hydrogen) atoms. The fraction of sp³-hybridized carbons (Fsp3) is 0.500. The lowest BCUT2D eigenvalue weighted by molar-refractivity contribution is -0.158. The zero-order chi connectivity index (χ0) is 24.4. The highest BCUT2D eigenvalue weighted by atomic mass is 16.5. The molecule has 0 fully saturated rings. The summed E-state index contributed by atoms with van der Waals surface area (Å²) in [6, 6.07) is 7.69. The standard InChI is InChI=1S/C28H38O5/c1-20(2)33-27(31)28(4,5)17-8-6-7-11-22-13-16-26(30)25(22)15-14-23(29)19-32-24-12-9-10-21(3)18-24/h6-7,9-10,12-13,15-16,18,20,22-23,29H,8,11,14,17,19H2,1-5H3/b7-6-,25-15+/t22-,23+/m0/s1. The van der Waals surface area contributed by atoms with Crippen molar-refractivity contribution in [3.8, 4) is 5.75 Å². The number of esters is 1. The van der Waals surface area contributed by atoms with Crippen LogP contribution in [0, 0.1) is 18.3 Å². The molecule has 1 aliphatic rings. The minimum atomic E-state index is -0.685. The van der Waals surface area contributed by atoms with Gasteiger partial charge >= 0.3 is 5.97 Å². The summed E-state index contributed by atoms with van der Waals surface area (Å²) >= 11 is 0. The highest BCUT2D eigenvalue weighted by molar-refractivity contribution is 6.07. The number of ether oxygens (including phenoxy) is 2. The van der Waals surface area contributed by atoms with Crippen molar-refractivity contribution in [2.75, 3.05) is 6.61 Å². The lowest BCUT2D eigenvalue weighted by Crippen LogP contribution is -2.28. The van der Waals surface area contributed by atoms with E-state index in [1.54, 1.807) is 6.08 Å². The van der Waals surface area contributed by atoms with Gasteiger partial charge in [0, 0.05) is 11.5 Å². The molecule has 0 aromatic heterocycles. The summed E-state index contributed by atoms with van der Waals surface area (Å²) in [4.78, 5) is 24.4. The third-order valence-electron chi connectivity index (χ3n) is 5.59. The van der Waals surface area contributed by atoms with Gasteiger partial charge in [0.2, 0.25) is 0 Å². The first-order chi connectivity index (χ1) is 15.6. The normalized spacial score (nSPS) is 18.5. The van der Waals surface area contributed by atoms with Crippen molar-refractivity contribution in [1.82, 2.24) is 0 Å². The first-order valence-electron chi connectivity index (χ1n) is 11.7. The van der Waals surface area contributed by atoms with E-state index in [9.17, 15) is 14.7 Å². The Morgan fingerprint density at radius 2 is 2.00 bits per heavy atom. The predicted octanol–water partition coefficient (Wildman–Crippen LogP) is 5.51. The Morgan fingerprint density at radius 1 is 1.24 bits per heavy atom. The topological polar surface area (TPSA) is 72.8 Å². The molecule has 1 aromatic rings. The van der Waals surface area contributed by atoms with Gasteiger partial charge < -0.3 is 14.6 Å². The van der Waals surface area contributed by atoms with Crippen molar-refractivity contribution in [3.05, 3.63) is 65.8 Å². The van der Waals surface area contributed by atoms with Crippen molar-refractivity contribution >= 4 is 11.8 Å². The number of ketones is 1. The van der Waals surface area contributed by atoms with E-state index >= 15 is 0 Å². The lowest BCUT2D eigenvalue weighted by atomic mass is 9.87. The van der Waals surface area contributed by atoms with E-state index in [4.69, 9.17) is 9.47 Å². The number of benzene rings is 1. The summed E-state index contributed by atoms with van der Waals surface area (Å²) in [5.41, 5.74) is 1.29. The molecule has 5 nitrogen and oxygen atoms in total. The van der Waals surface area contributed by atoms with Gasteiger partial charge in [0.15, 0.2) is 5.78 Å². The van der Waals surface area contributed by atoms with Crippen LogP contribution < -0.4 is 4.74 Å².